The second-order valence-corrected chi connectivity index (χ2v) is 5.66. The fraction of sp³-hybridized carbons (Fsp3) is 0.353. The van der Waals surface area contributed by atoms with Crippen molar-refractivity contribution in [3.63, 3.8) is 0 Å². The minimum absolute atomic E-state index is 0.339. The van der Waals surface area contributed by atoms with Gasteiger partial charge >= 0.3 is 0 Å². The minimum Gasteiger partial charge on any atom is -0.353 e. The van der Waals surface area contributed by atoms with Gasteiger partial charge in [-0.25, -0.2) is 4.39 Å². The summed E-state index contributed by atoms with van der Waals surface area (Å²) in [6, 6.07) is 8.95. The van der Waals surface area contributed by atoms with Crippen LogP contribution in [0.15, 0.2) is 36.4 Å². The molecule has 0 unspecified atom stereocenters. The van der Waals surface area contributed by atoms with Crippen LogP contribution in [-0.4, -0.2) is 53.7 Å². The molecule has 6 nitrogen and oxygen atoms in total. The highest BCUT2D eigenvalue weighted by atomic mass is 19.1. The third-order valence-electron chi connectivity index (χ3n) is 4.14. The Labute approximate surface area is 140 Å². The number of piperazine rings is 1. The molecule has 1 fully saturated rings. The molecule has 0 aliphatic carbocycles. The number of carbonyl (C=O) groups excluding carboxylic acids is 1. The zero-order valence-corrected chi connectivity index (χ0v) is 13.6. The largest absolute Gasteiger partial charge is 0.353 e. The molecular weight excluding hydrogens is 309 g/mol. The van der Waals surface area contributed by atoms with Gasteiger partial charge in [0.1, 0.15) is 5.82 Å². The predicted molar refractivity (Wildman–Crippen MR) is 90.7 cm³/mol. The number of halogens is 1. The second-order valence-electron chi connectivity index (χ2n) is 5.66. The molecule has 0 saturated carbocycles. The van der Waals surface area contributed by atoms with E-state index in [0.29, 0.717) is 11.4 Å². The van der Waals surface area contributed by atoms with Crippen LogP contribution in [0.5, 0.6) is 0 Å². The fourth-order valence-electron chi connectivity index (χ4n) is 2.64. The molecule has 1 aromatic heterocycles. The highest BCUT2D eigenvalue weighted by molar-refractivity contribution is 6.03. The van der Waals surface area contributed by atoms with Gasteiger partial charge in [0.2, 0.25) is 0 Å². The van der Waals surface area contributed by atoms with E-state index in [1.165, 1.54) is 24.3 Å². The number of nitrogens with zero attached hydrogens (tertiary/aromatic N) is 4. The molecule has 1 N–H and O–H groups in total. The maximum absolute atomic E-state index is 12.9. The average Bonchev–Trinajstić information content (AvgIpc) is 2.63. The number of likely N-dealkylation sites (N-methyl/N-ethyl adjacent to an activating group) is 1. The van der Waals surface area contributed by atoms with Crippen LogP contribution >= 0.6 is 0 Å². The van der Waals surface area contributed by atoms with Crippen LogP contribution in [0, 0.1) is 5.82 Å². The smallest absolute Gasteiger partial charge is 0.256 e. The maximum atomic E-state index is 12.9. The number of benzene rings is 1. The topological polar surface area (TPSA) is 61.4 Å². The zero-order chi connectivity index (χ0) is 16.9. The predicted octanol–water partition coefficient (Wildman–Crippen LogP) is 2.01. The highest BCUT2D eigenvalue weighted by Crippen LogP contribution is 2.15. The molecule has 2 heterocycles. The third kappa shape index (κ3) is 3.86. The van der Waals surface area contributed by atoms with Gasteiger partial charge in [0.15, 0.2) is 11.6 Å². The van der Waals surface area contributed by atoms with E-state index >= 15 is 0 Å². The molecule has 0 atom stereocenters. The van der Waals surface area contributed by atoms with Gasteiger partial charge in [-0.2, -0.15) is 0 Å². The van der Waals surface area contributed by atoms with Crippen molar-refractivity contribution in [1.82, 2.24) is 15.1 Å². The number of hydrogen-bond acceptors (Lipinski definition) is 5. The Kier molecular flexibility index (Phi) is 5.00. The number of hydrogen-bond donors (Lipinski definition) is 1. The summed E-state index contributed by atoms with van der Waals surface area (Å²) < 4.78 is 12.9. The average molecular weight is 329 g/mol. The number of rotatable bonds is 4. The Morgan fingerprint density at radius 2 is 1.79 bits per heavy atom. The van der Waals surface area contributed by atoms with Crippen LogP contribution < -0.4 is 10.2 Å². The van der Waals surface area contributed by atoms with Crippen molar-refractivity contribution in [3.05, 3.63) is 47.8 Å². The maximum Gasteiger partial charge on any atom is 0.256 e. The fourth-order valence-corrected chi connectivity index (χ4v) is 2.64. The third-order valence-corrected chi connectivity index (χ3v) is 4.14. The Balaban J connectivity index is 1.60. The van der Waals surface area contributed by atoms with Crippen LogP contribution in [0.1, 0.15) is 17.3 Å². The van der Waals surface area contributed by atoms with Crippen molar-refractivity contribution in [2.75, 3.05) is 42.9 Å². The molecule has 1 saturated heterocycles. The van der Waals surface area contributed by atoms with Crippen LogP contribution in [0.2, 0.25) is 0 Å². The lowest BCUT2D eigenvalue weighted by atomic mass is 10.2. The van der Waals surface area contributed by atoms with E-state index in [1.807, 2.05) is 6.07 Å². The van der Waals surface area contributed by atoms with Gasteiger partial charge in [-0.3, -0.25) is 4.79 Å². The van der Waals surface area contributed by atoms with Crippen molar-refractivity contribution < 1.29 is 9.18 Å². The molecule has 24 heavy (non-hydrogen) atoms. The Morgan fingerprint density at radius 3 is 2.38 bits per heavy atom. The monoisotopic (exact) mass is 329 g/mol. The zero-order valence-electron chi connectivity index (χ0n) is 13.6. The van der Waals surface area contributed by atoms with Gasteiger partial charge in [-0.15, -0.1) is 10.2 Å². The summed E-state index contributed by atoms with van der Waals surface area (Å²) >= 11 is 0. The molecule has 1 amide bonds. The highest BCUT2D eigenvalue weighted by Gasteiger charge is 2.17. The van der Waals surface area contributed by atoms with Gasteiger partial charge in [0.25, 0.3) is 5.91 Å². The lowest BCUT2D eigenvalue weighted by Crippen LogP contribution is -2.46. The molecule has 7 heteroatoms. The van der Waals surface area contributed by atoms with Crippen molar-refractivity contribution in [3.8, 4) is 0 Å². The minimum atomic E-state index is -0.376. The Bertz CT molecular complexity index is 681. The summed E-state index contributed by atoms with van der Waals surface area (Å²) in [4.78, 5) is 16.6. The number of carbonyl (C=O) groups is 1. The first-order valence-corrected chi connectivity index (χ1v) is 8.03. The molecule has 0 radical (unpaired) electrons. The summed E-state index contributed by atoms with van der Waals surface area (Å²) in [5.41, 5.74) is 0.373. The van der Waals surface area contributed by atoms with Gasteiger partial charge in [-0.1, -0.05) is 6.92 Å². The first kappa shape index (κ1) is 16.3. The summed E-state index contributed by atoms with van der Waals surface area (Å²) in [6.07, 6.45) is 0. The SMILES string of the molecule is CCN1CCN(c2ccc(NC(=O)c3ccc(F)cc3)nn2)CC1. The molecule has 3 rings (SSSR count). The lowest BCUT2D eigenvalue weighted by Gasteiger charge is -2.34. The van der Waals surface area contributed by atoms with Crippen molar-refractivity contribution >= 4 is 17.5 Å². The first-order chi connectivity index (χ1) is 11.7. The summed E-state index contributed by atoms with van der Waals surface area (Å²) in [7, 11) is 0. The molecular formula is C17H20FN5O. The number of nitrogens with one attached hydrogen (secondary N) is 1. The van der Waals surface area contributed by atoms with E-state index < -0.39 is 0 Å². The van der Waals surface area contributed by atoms with Crippen LogP contribution in [-0.2, 0) is 0 Å². The van der Waals surface area contributed by atoms with Crippen molar-refractivity contribution in [2.24, 2.45) is 0 Å². The lowest BCUT2D eigenvalue weighted by molar-refractivity contribution is 0.102. The van der Waals surface area contributed by atoms with E-state index in [4.69, 9.17) is 0 Å². The van der Waals surface area contributed by atoms with E-state index in [-0.39, 0.29) is 11.7 Å². The molecule has 1 aliphatic heterocycles. The Morgan fingerprint density at radius 1 is 1.08 bits per heavy atom. The number of amides is 1. The van der Waals surface area contributed by atoms with E-state index in [1.54, 1.807) is 6.07 Å². The van der Waals surface area contributed by atoms with E-state index in [9.17, 15) is 9.18 Å². The quantitative estimate of drug-likeness (QED) is 0.930. The number of aromatic nitrogens is 2. The standard InChI is InChI=1S/C17H20FN5O/c1-2-22-9-11-23(12-10-22)16-8-7-15(20-21-16)19-17(24)13-3-5-14(18)6-4-13/h3-8H,2,9-12H2,1H3,(H,19,20,24). The number of anilines is 2. The van der Waals surface area contributed by atoms with Gasteiger partial charge in [-0.05, 0) is 42.9 Å². The Hall–Kier alpha value is -2.54. The second kappa shape index (κ2) is 7.35. The van der Waals surface area contributed by atoms with Crippen molar-refractivity contribution in [1.29, 1.82) is 0 Å². The van der Waals surface area contributed by atoms with Crippen molar-refractivity contribution in [2.45, 2.75) is 6.92 Å². The van der Waals surface area contributed by atoms with Gasteiger partial charge in [0, 0.05) is 31.7 Å². The summed E-state index contributed by atoms with van der Waals surface area (Å²) in [5, 5.41) is 10.9. The summed E-state index contributed by atoms with van der Waals surface area (Å²) in [5.74, 6) is 0.471. The molecule has 2 aromatic rings. The van der Waals surface area contributed by atoms with Crippen LogP contribution in [0.3, 0.4) is 0 Å². The van der Waals surface area contributed by atoms with E-state index in [0.717, 1.165) is 38.5 Å². The van der Waals surface area contributed by atoms with Gasteiger partial charge < -0.3 is 15.1 Å². The van der Waals surface area contributed by atoms with Crippen LogP contribution in [0.4, 0.5) is 16.0 Å². The molecule has 126 valence electrons. The van der Waals surface area contributed by atoms with E-state index in [2.05, 4.69) is 32.2 Å². The molecule has 1 aromatic carbocycles. The van der Waals surface area contributed by atoms with Gasteiger partial charge in [0.05, 0.1) is 0 Å². The summed E-state index contributed by atoms with van der Waals surface area (Å²) in [6.45, 7) is 7.10. The first-order valence-electron chi connectivity index (χ1n) is 8.03. The normalized spacial score (nSPS) is 15.3. The van der Waals surface area contributed by atoms with Crippen LogP contribution in [0.25, 0.3) is 0 Å². The molecule has 0 spiro atoms. The molecule has 1 aliphatic rings. The molecule has 0 bridgehead atoms.